The molecule has 0 bridgehead atoms. The van der Waals surface area contributed by atoms with Gasteiger partial charge >= 0.3 is 0 Å². The molecule has 0 spiro atoms. The summed E-state index contributed by atoms with van der Waals surface area (Å²) in [4.78, 5) is 33.3. The van der Waals surface area contributed by atoms with Crippen molar-refractivity contribution in [2.75, 3.05) is 5.32 Å². The van der Waals surface area contributed by atoms with Crippen LogP contribution in [0.3, 0.4) is 0 Å². The number of aromatic nitrogens is 4. The Morgan fingerprint density at radius 2 is 1.75 bits per heavy atom. The Labute approximate surface area is 159 Å². The largest absolute Gasteiger partial charge is 0.481 e. The molecule has 4 rings (SSSR count). The summed E-state index contributed by atoms with van der Waals surface area (Å²) < 4.78 is 6.76. The summed E-state index contributed by atoms with van der Waals surface area (Å²) in [5, 5.41) is 5.34. The highest BCUT2D eigenvalue weighted by Crippen LogP contribution is 2.16. The normalized spacial score (nSPS) is 11.9. The lowest BCUT2D eigenvalue weighted by atomic mass is 10.1. The molecule has 0 radical (unpaired) electrons. The highest BCUT2D eigenvalue weighted by molar-refractivity contribution is 5.92. The van der Waals surface area contributed by atoms with Crippen molar-refractivity contribution in [2.45, 2.75) is 13.0 Å². The highest BCUT2D eigenvalue weighted by Gasteiger charge is 2.17. The lowest BCUT2D eigenvalue weighted by molar-refractivity contribution is -0.122. The number of benzene rings is 2. The van der Waals surface area contributed by atoms with Crippen molar-refractivity contribution in [2.24, 2.45) is 0 Å². The second kappa shape index (κ2) is 7.36. The van der Waals surface area contributed by atoms with Gasteiger partial charge in [-0.2, -0.15) is 9.50 Å². The quantitative estimate of drug-likeness (QED) is 0.558. The molecule has 1 unspecified atom stereocenters. The topological polar surface area (TPSA) is 101 Å². The monoisotopic (exact) mass is 375 g/mol. The van der Waals surface area contributed by atoms with Gasteiger partial charge in [0, 0.05) is 11.6 Å². The second-order valence-corrected chi connectivity index (χ2v) is 6.12. The van der Waals surface area contributed by atoms with Gasteiger partial charge in [0.1, 0.15) is 5.75 Å². The van der Waals surface area contributed by atoms with Crippen molar-refractivity contribution in [3.05, 3.63) is 77.1 Å². The average Bonchev–Trinajstić information content (AvgIpc) is 3.12. The van der Waals surface area contributed by atoms with Gasteiger partial charge in [-0.15, -0.1) is 0 Å². The molecule has 0 fully saturated rings. The number of H-pyrrole nitrogens is 1. The minimum Gasteiger partial charge on any atom is -0.481 e. The molecule has 28 heavy (non-hydrogen) atoms. The summed E-state index contributed by atoms with van der Waals surface area (Å²) >= 11 is 0. The number of para-hydroxylation sites is 1. The first-order valence-electron chi connectivity index (χ1n) is 8.68. The van der Waals surface area contributed by atoms with Crippen molar-refractivity contribution in [1.29, 1.82) is 0 Å². The number of nitrogens with zero attached hydrogens (tertiary/aromatic N) is 3. The number of anilines is 1. The Morgan fingerprint density at radius 3 is 2.46 bits per heavy atom. The van der Waals surface area contributed by atoms with E-state index in [-0.39, 0.29) is 17.3 Å². The smallest absolute Gasteiger partial charge is 0.274 e. The molecule has 2 aromatic heterocycles. The molecule has 140 valence electrons. The van der Waals surface area contributed by atoms with E-state index in [1.165, 1.54) is 10.6 Å². The van der Waals surface area contributed by atoms with Gasteiger partial charge in [0.25, 0.3) is 17.2 Å². The van der Waals surface area contributed by atoms with Crippen LogP contribution in [0.2, 0.25) is 0 Å². The molecule has 0 aliphatic carbocycles. The first-order chi connectivity index (χ1) is 13.6. The van der Waals surface area contributed by atoms with Gasteiger partial charge in [-0.05, 0) is 19.1 Å². The molecule has 4 aromatic rings. The second-order valence-electron chi connectivity index (χ2n) is 6.12. The number of nitrogens with one attached hydrogen (secondary N) is 2. The van der Waals surface area contributed by atoms with Crippen LogP contribution in [-0.4, -0.2) is 31.6 Å². The standard InChI is InChI=1S/C20H17N5O3/c1-13(28-15-10-6-3-7-11-15)18(27)22-19-23-20-21-16(12-17(26)25(20)24-19)14-8-4-2-5-9-14/h2-13H,1H3,(H2,21,22,23,24,27). The maximum Gasteiger partial charge on any atom is 0.274 e. The van der Waals surface area contributed by atoms with Crippen LogP contribution in [-0.2, 0) is 4.79 Å². The molecule has 2 heterocycles. The van der Waals surface area contributed by atoms with Gasteiger partial charge in [-0.1, -0.05) is 48.5 Å². The van der Waals surface area contributed by atoms with Crippen LogP contribution >= 0.6 is 0 Å². The summed E-state index contributed by atoms with van der Waals surface area (Å²) in [5.74, 6) is 0.459. The molecule has 0 aliphatic rings. The molecular weight excluding hydrogens is 358 g/mol. The summed E-state index contributed by atoms with van der Waals surface area (Å²) in [6, 6.07) is 19.8. The zero-order chi connectivity index (χ0) is 19.5. The molecule has 2 N–H and O–H groups in total. The van der Waals surface area contributed by atoms with Gasteiger partial charge in [-0.3, -0.25) is 20.0 Å². The van der Waals surface area contributed by atoms with E-state index in [1.807, 2.05) is 48.5 Å². The summed E-state index contributed by atoms with van der Waals surface area (Å²) in [5.41, 5.74) is 0.988. The number of ether oxygens (including phenoxy) is 1. The molecule has 8 nitrogen and oxygen atoms in total. The van der Waals surface area contributed by atoms with Gasteiger partial charge in [0.2, 0.25) is 5.95 Å². The Bertz CT molecular complexity index is 1170. The van der Waals surface area contributed by atoms with Crippen LogP contribution in [0.25, 0.3) is 17.0 Å². The lowest BCUT2D eigenvalue weighted by Crippen LogP contribution is -2.30. The van der Waals surface area contributed by atoms with E-state index in [0.29, 0.717) is 11.4 Å². The number of carbonyl (C=O) groups excluding carboxylic acids is 1. The molecule has 2 aromatic carbocycles. The molecule has 1 atom stereocenters. The third-order valence-electron chi connectivity index (χ3n) is 4.07. The first-order valence-corrected chi connectivity index (χ1v) is 8.68. The third-order valence-corrected chi connectivity index (χ3v) is 4.07. The van der Waals surface area contributed by atoms with E-state index in [2.05, 4.69) is 20.4 Å². The Balaban J connectivity index is 1.55. The molecule has 1 amide bonds. The van der Waals surface area contributed by atoms with Crippen molar-refractivity contribution < 1.29 is 9.53 Å². The van der Waals surface area contributed by atoms with Gasteiger partial charge in [0.05, 0.1) is 5.69 Å². The Kier molecular flexibility index (Phi) is 4.59. The van der Waals surface area contributed by atoms with Crippen LogP contribution in [0, 0.1) is 0 Å². The number of carbonyl (C=O) groups is 1. The highest BCUT2D eigenvalue weighted by atomic mass is 16.5. The third kappa shape index (κ3) is 3.61. The van der Waals surface area contributed by atoms with Gasteiger partial charge in [0.15, 0.2) is 6.10 Å². The fourth-order valence-electron chi connectivity index (χ4n) is 2.67. The molecule has 0 saturated carbocycles. The van der Waals surface area contributed by atoms with Crippen LogP contribution in [0.15, 0.2) is 71.5 Å². The zero-order valence-corrected chi connectivity index (χ0v) is 15.0. The van der Waals surface area contributed by atoms with E-state index in [1.54, 1.807) is 19.1 Å². The van der Waals surface area contributed by atoms with E-state index in [0.717, 1.165) is 5.56 Å². The SMILES string of the molecule is CC(Oc1ccccc1)C(=O)Nc1nc2nc(-c3ccccc3)cc(=O)n2[nH]1. The zero-order valence-electron chi connectivity index (χ0n) is 15.0. The number of fused-ring (bicyclic) bond motifs is 1. The summed E-state index contributed by atoms with van der Waals surface area (Å²) in [7, 11) is 0. The van der Waals surface area contributed by atoms with E-state index in [9.17, 15) is 9.59 Å². The van der Waals surface area contributed by atoms with E-state index < -0.39 is 12.0 Å². The number of rotatable bonds is 5. The van der Waals surface area contributed by atoms with Crippen LogP contribution < -0.4 is 15.6 Å². The van der Waals surface area contributed by atoms with Crippen molar-refractivity contribution >= 4 is 17.6 Å². The van der Waals surface area contributed by atoms with Crippen molar-refractivity contribution in [3.63, 3.8) is 0 Å². The number of amides is 1. The molecule has 0 saturated heterocycles. The fraction of sp³-hybridized carbons (Fsp3) is 0.100. The maximum absolute atomic E-state index is 12.4. The molecule has 0 aliphatic heterocycles. The minimum atomic E-state index is -0.750. The van der Waals surface area contributed by atoms with Gasteiger partial charge < -0.3 is 4.74 Å². The first kappa shape index (κ1) is 17.5. The molecule has 8 heteroatoms. The van der Waals surface area contributed by atoms with Gasteiger partial charge in [-0.25, -0.2) is 4.98 Å². The minimum absolute atomic E-state index is 0.114. The van der Waals surface area contributed by atoms with Crippen LogP contribution in [0.1, 0.15) is 6.92 Å². The lowest BCUT2D eigenvalue weighted by Gasteiger charge is -2.13. The number of hydrogen-bond acceptors (Lipinski definition) is 5. The van der Waals surface area contributed by atoms with Crippen molar-refractivity contribution in [1.82, 2.24) is 19.6 Å². The van der Waals surface area contributed by atoms with E-state index >= 15 is 0 Å². The average molecular weight is 375 g/mol. The summed E-state index contributed by atoms with van der Waals surface area (Å²) in [6.45, 7) is 1.63. The Morgan fingerprint density at radius 1 is 1.07 bits per heavy atom. The predicted octanol–water partition coefficient (Wildman–Crippen LogP) is 2.49. The summed E-state index contributed by atoms with van der Waals surface area (Å²) in [6.07, 6.45) is -0.750. The number of hydrogen-bond donors (Lipinski definition) is 2. The molecular formula is C20H17N5O3. The predicted molar refractivity (Wildman–Crippen MR) is 104 cm³/mol. The fourth-order valence-corrected chi connectivity index (χ4v) is 2.67. The number of aromatic amines is 1. The maximum atomic E-state index is 12.4. The Hall–Kier alpha value is -3.94. The van der Waals surface area contributed by atoms with Crippen molar-refractivity contribution in [3.8, 4) is 17.0 Å². The van der Waals surface area contributed by atoms with E-state index in [4.69, 9.17) is 4.74 Å². The van der Waals surface area contributed by atoms with Crippen LogP contribution in [0.5, 0.6) is 5.75 Å². The van der Waals surface area contributed by atoms with Crippen LogP contribution in [0.4, 0.5) is 5.95 Å².